The number of aromatic nitrogens is 1. The van der Waals surface area contributed by atoms with Gasteiger partial charge in [-0.1, -0.05) is 33.9 Å². The fourth-order valence-electron chi connectivity index (χ4n) is 3.31. The van der Waals surface area contributed by atoms with E-state index in [1.807, 2.05) is 12.2 Å². The molecule has 8 heteroatoms. The van der Waals surface area contributed by atoms with Crippen LogP contribution in [0.4, 0.5) is 0 Å². The summed E-state index contributed by atoms with van der Waals surface area (Å²) in [4.78, 5) is 26.0. The van der Waals surface area contributed by atoms with E-state index in [2.05, 4.69) is 0 Å². The third-order valence-electron chi connectivity index (χ3n) is 4.80. The summed E-state index contributed by atoms with van der Waals surface area (Å²) >= 11 is 0. The molecule has 3 rings (SSSR count). The standard InChI is InChI=1S/C18H23N3O4S/c19-17(22)16-18(23)20-13-15(20)11-6-4-2-1-3-5-9-14-10-7-8-12-21(14)26(16,24)25/h6-8,10-12,15-16H,1-5,9,13H2,(H-,19,22)/q+1/p+1/b11-6-/t15-,16?/m0/s1. The molecule has 26 heavy (non-hydrogen) atoms. The van der Waals surface area contributed by atoms with Crippen LogP contribution in [0.1, 0.15) is 37.8 Å². The Labute approximate surface area is 153 Å². The number of amides is 2. The summed E-state index contributed by atoms with van der Waals surface area (Å²) in [5, 5.41) is -1.91. The monoisotopic (exact) mass is 378 g/mol. The number of nitrogens with two attached hydrogens (primary N) is 1. The van der Waals surface area contributed by atoms with E-state index in [4.69, 9.17) is 5.73 Å². The summed E-state index contributed by atoms with van der Waals surface area (Å²) in [6.07, 6.45) is 10.8. The van der Waals surface area contributed by atoms with Gasteiger partial charge in [0, 0.05) is 18.6 Å². The molecule has 0 spiro atoms. The number of aryl methyl sites for hydroxylation is 1. The molecule has 0 saturated carbocycles. The summed E-state index contributed by atoms with van der Waals surface area (Å²) in [5.74, 6) is -1.89. The number of hydrogen-bond acceptors (Lipinski definition) is 4. The Morgan fingerprint density at radius 3 is 2.69 bits per heavy atom. The van der Waals surface area contributed by atoms with Gasteiger partial charge >= 0.3 is 21.2 Å². The van der Waals surface area contributed by atoms with E-state index in [1.54, 1.807) is 18.2 Å². The fraction of sp³-hybridized carbons (Fsp3) is 0.500. The lowest BCUT2D eigenvalue weighted by atomic mass is 10.1. The van der Waals surface area contributed by atoms with E-state index in [-0.39, 0.29) is 6.04 Å². The average molecular weight is 378 g/mol. The number of pyridine rings is 1. The van der Waals surface area contributed by atoms with Crippen LogP contribution in [0.25, 0.3) is 0 Å². The van der Waals surface area contributed by atoms with E-state index in [0.717, 1.165) is 36.1 Å². The molecule has 2 aliphatic heterocycles. The van der Waals surface area contributed by atoms with Gasteiger partial charge in [0.15, 0.2) is 18.4 Å². The zero-order valence-electron chi connectivity index (χ0n) is 14.6. The predicted octanol–water partition coefficient (Wildman–Crippen LogP) is 0.118. The van der Waals surface area contributed by atoms with E-state index in [9.17, 15) is 18.0 Å². The number of nitrogens with zero attached hydrogens (tertiary/aromatic N) is 2. The molecular formula is C18H24N3O4S+2. The fourth-order valence-corrected chi connectivity index (χ4v) is 4.94. The number of rotatable bonds is 1. The Bertz CT molecular complexity index is 835. The maximum Gasteiger partial charge on any atom is 0.396 e. The normalized spacial score (nSPS) is 30.2. The van der Waals surface area contributed by atoms with Crippen molar-refractivity contribution in [3.05, 3.63) is 42.2 Å². The second kappa shape index (κ2) is 7.67. The van der Waals surface area contributed by atoms with Crippen molar-refractivity contribution < 1.29 is 22.0 Å². The topological polar surface area (TPSA) is 104 Å². The molecule has 1 fully saturated rings. The molecule has 2 amide bonds. The quantitative estimate of drug-likeness (QED) is 0.324. The lowest BCUT2D eigenvalue weighted by molar-refractivity contribution is -0.521. The van der Waals surface area contributed by atoms with Crippen molar-refractivity contribution in [2.45, 2.75) is 49.8 Å². The summed E-state index contributed by atoms with van der Waals surface area (Å²) in [5.41, 5.74) is 5.89. The number of hydrogen-bond donors (Lipinski definition) is 1. The molecule has 1 aromatic rings. The Morgan fingerprint density at radius 1 is 1.15 bits per heavy atom. The first-order valence-electron chi connectivity index (χ1n) is 8.93. The molecule has 2 aliphatic rings. The second-order valence-electron chi connectivity index (χ2n) is 6.75. The van der Waals surface area contributed by atoms with Crippen molar-refractivity contribution >= 4 is 21.8 Å². The van der Waals surface area contributed by atoms with Crippen LogP contribution in [-0.4, -0.2) is 38.1 Å². The third-order valence-corrected chi connectivity index (χ3v) is 6.74. The van der Waals surface area contributed by atoms with Crippen molar-refractivity contribution in [2.75, 3.05) is 6.54 Å². The van der Waals surface area contributed by atoms with Crippen LogP contribution in [0.2, 0.25) is 0 Å². The predicted molar refractivity (Wildman–Crippen MR) is 95.7 cm³/mol. The molecule has 1 aromatic heterocycles. The van der Waals surface area contributed by atoms with Crippen LogP contribution in [-0.2, 0) is 26.0 Å². The molecule has 3 atom stereocenters. The van der Waals surface area contributed by atoms with Gasteiger partial charge in [-0.25, -0.2) is 4.79 Å². The summed E-state index contributed by atoms with van der Waals surface area (Å²) in [6, 6.07) is 4.88. The van der Waals surface area contributed by atoms with Gasteiger partial charge in [-0.2, -0.15) is 8.42 Å². The Balaban J connectivity index is 2.00. The van der Waals surface area contributed by atoms with Gasteiger partial charge in [-0.15, -0.1) is 0 Å². The van der Waals surface area contributed by atoms with Gasteiger partial charge in [0.05, 0.1) is 0 Å². The van der Waals surface area contributed by atoms with Gasteiger partial charge < -0.3 is 5.73 Å². The molecule has 3 heterocycles. The van der Waals surface area contributed by atoms with Gasteiger partial charge in [-0.3, -0.25) is 4.79 Å². The van der Waals surface area contributed by atoms with Crippen LogP contribution in [0.15, 0.2) is 36.5 Å². The molecular weight excluding hydrogens is 354 g/mol. The number of carbonyl (C=O) groups is 2. The molecule has 139 valence electrons. The van der Waals surface area contributed by atoms with Crippen LogP contribution < -0.4 is 14.6 Å². The van der Waals surface area contributed by atoms with Gasteiger partial charge in [-0.05, 0) is 25.3 Å². The number of allylic oxidation sites excluding steroid dienone is 1. The highest BCUT2D eigenvalue weighted by Crippen LogP contribution is 2.20. The van der Waals surface area contributed by atoms with Crippen molar-refractivity contribution in [3.63, 3.8) is 0 Å². The zero-order valence-corrected chi connectivity index (χ0v) is 15.4. The number of primary amides is 1. The average Bonchev–Trinajstić information content (AvgIpc) is 3.36. The van der Waals surface area contributed by atoms with E-state index >= 15 is 0 Å². The molecule has 0 bridgehead atoms. The minimum Gasteiger partial charge on any atom is -0.368 e. The highest BCUT2D eigenvalue weighted by atomic mass is 32.2. The van der Waals surface area contributed by atoms with E-state index in [0.29, 0.717) is 18.7 Å². The maximum absolute atomic E-state index is 13.1. The minimum absolute atomic E-state index is 0.148. The Hall–Kier alpha value is -2.06. The van der Waals surface area contributed by atoms with E-state index < -0.39 is 27.1 Å². The van der Waals surface area contributed by atoms with Crippen LogP contribution in [0.5, 0.6) is 0 Å². The smallest absolute Gasteiger partial charge is 0.368 e. The Kier molecular flexibility index (Phi) is 5.52. The highest BCUT2D eigenvalue weighted by molar-refractivity contribution is 7.87. The van der Waals surface area contributed by atoms with Crippen LogP contribution >= 0.6 is 0 Å². The summed E-state index contributed by atoms with van der Waals surface area (Å²) < 4.78 is 27.2. The zero-order chi connectivity index (χ0) is 18.7. The molecule has 2 N–H and O–H groups in total. The first-order valence-corrected chi connectivity index (χ1v) is 10.4. The highest BCUT2D eigenvalue weighted by Gasteiger charge is 2.61. The van der Waals surface area contributed by atoms with E-state index in [1.165, 1.54) is 11.1 Å². The van der Waals surface area contributed by atoms with Crippen LogP contribution in [0.3, 0.4) is 0 Å². The molecule has 0 aromatic carbocycles. The van der Waals surface area contributed by atoms with Crippen molar-refractivity contribution in [3.8, 4) is 0 Å². The Morgan fingerprint density at radius 2 is 1.92 bits per heavy atom. The molecule has 0 aliphatic carbocycles. The van der Waals surface area contributed by atoms with Crippen molar-refractivity contribution in [2.24, 2.45) is 5.73 Å². The molecule has 1 saturated heterocycles. The van der Waals surface area contributed by atoms with Crippen molar-refractivity contribution in [1.29, 1.82) is 0 Å². The largest absolute Gasteiger partial charge is 0.396 e. The summed E-state index contributed by atoms with van der Waals surface area (Å²) in [6.45, 7) is 0.418. The molecule has 1 radical (unpaired) electrons. The number of carbonyl (C=O) groups excluding carboxylic acids is 2. The maximum atomic E-state index is 13.1. The lowest BCUT2D eigenvalue weighted by Gasteiger charge is -2.08. The van der Waals surface area contributed by atoms with Crippen molar-refractivity contribution in [1.82, 2.24) is 4.90 Å². The minimum atomic E-state index is -4.27. The lowest BCUT2D eigenvalue weighted by Crippen LogP contribution is -2.59. The molecule has 2 unspecified atom stereocenters. The van der Waals surface area contributed by atoms with Gasteiger partial charge in [0.2, 0.25) is 6.04 Å². The first-order chi connectivity index (χ1) is 12.4. The number of fused-ring (bicyclic) bond motifs is 2. The first kappa shape index (κ1) is 18.7. The SMILES string of the molecule is NC(=O)C1C(=O)[N+]2C[C@@H]2/C=C\CCCCCCc2cccc[n+]2S1(=O)=O. The second-order valence-corrected chi connectivity index (χ2v) is 8.65. The summed E-state index contributed by atoms with van der Waals surface area (Å²) in [7, 11) is -4.27. The van der Waals surface area contributed by atoms with Crippen LogP contribution in [0, 0.1) is 0 Å². The van der Waals surface area contributed by atoms with Gasteiger partial charge in [0.25, 0.3) is 5.91 Å². The third kappa shape index (κ3) is 3.86. The molecule has 7 nitrogen and oxygen atoms in total. The van der Waals surface area contributed by atoms with Gasteiger partial charge in [0.1, 0.15) is 0 Å².